The maximum atomic E-state index is 13.2. The number of sulfonamides is 1. The maximum Gasteiger partial charge on any atom is 0.264 e. The van der Waals surface area contributed by atoms with E-state index in [0.29, 0.717) is 23.7 Å². The highest BCUT2D eigenvalue weighted by Gasteiger charge is 2.32. The lowest BCUT2D eigenvalue weighted by atomic mass is 10.1. The van der Waals surface area contributed by atoms with E-state index in [4.69, 9.17) is 4.74 Å². The molecule has 4 rings (SSSR count). The summed E-state index contributed by atoms with van der Waals surface area (Å²) in [7, 11) is -3.74. The Balaban J connectivity index is 1.75. The number of carbonyl (C=O) groups is 1. The molecular formula is C17H17N3O4S. The van der Waals surface area contributed by atoms with Crippen LogP contribution in [0.5, 0.6) is 5.88 Å². The molecule has 0 spiro atoms. The fourth-order valence-corrected chi connectivity index (χ4v) is 4.44. The van der Waals surface area contributed by atoms with Gasteiger partial charge < -0.3 is 10.1 Å². The molecule has 25 heavy (non-hydrogen) atoms. The van der Waals surface area contributed by atoms with Gasteiger partial charge in [0.05, 0.1) is 23.3 Å². The summed E-state index contributed by atoms with van der Waals surface area (Å²) < 4.78 is 33.1. The quantitative estimate of drug-likeness (QED) is 0.826. The number of benzene rings is 1. The Labute approximate surface area is 145 Å². The van der Waals surface area contributed by atoms with Crippen molar-refractivity contribution < 1.29 is 17.9 Å². The van der Waals surface area contributed by atoms with Crippen LogP contribution in [0, 0.1) is 0 Å². The number of nitrogens with one attached hydrogen (secondary N) is 1. The first-order valence-electron chi connectivity index (χ1n) is 8.05. The van der Waals surface area contributed by atoms with Crippen LogP contribution in [-0.4, -0.2) is 33.0 Å². The Morgan fingerprint density at radius 2 is 2.12 bits per heavy atom. The van der Waals surface area contributed by atoms with E-state index < -0.39 is 10.0 Å². The number of carbonyl (C=O) groups excluding carboxylic acids is 1. The fourth-order valence-electron chi connectivity index (χ4n) is 2.95. The molecule has 8 heteroatoms. The number of aromatic nitrogens is 1. The predicted octanol–water partition coefficient (Wildman–Crippen LogP) is 2.12. The molecule has 130 valence electrons. The molecule has 1 aliphatic heterocycles. The summed E-state index contributed by atoms with van der Waals surface area (Å²) in [5, 5.41) is 2.48. The number of hydrogen-bond donors (Lipinski definition) is 1. The number of hydrogen-bond acceptors (Lipinski definition) is 5. The van der Waals surface area contributed by atoms with Crippen molar-refractivity contribution in [3.05, 3.63) is 42.1 Å². The van der Waals surface area contributed by atoms with Gasteiger partial charge in [0, 0.05) is 0 Å². The lowest BCUT2D eigenvalue weighted by Gasteiger charge is -2.30. The molecule has 2 aromatic rings. The molecule has 1 N–H and O–H groups in total. The zero-order chi connectivity index (χ0) is 17.4. The number of fused-ring (bicyclic) bond motifs is 1. The van der Waals surface area contributed by atoms with E-state index in [-0.39, 0.29) is 23.9 Å². The van der Waals surface area contributed by atoms with Gasteiger partial charge in [0.25, 0.3) is 10.0 Å². The number of nitrogens with zero attached hydrogens (tertiary/aromatic N) is 2. The smallest absolute Gasteiger partial charge is 0.264 e. The van der Waals surface area contributed by atoms with Gasteiger partial charge >= 0.3 is 0 Å². The second-order valence-corrected chi connectivity index (χ2v) is 7.95. The number of anilines is 2. The van der Waals surface area contributed by atoms with Gasteiger partial charge in [-0.1, -0.05) is 12.1 Å². The molecule has 1 fully saturated rings. The van der Waals surface area contributed by atoms with Gasteiger partial charge in [-0.3, -0.25) is 9.10 Å². The van der Waals surface area contributed by atoms with Gasteiger partial charge in [-0.15, -0.1) is 0 Å². The average Bonchev–Trinajstić information content (AvgIpc) is 3.47. The van der Waals surface area contributed by atoms with Gasteiger partial charge in [0.15, 0.2) is 0 Å². The Hall–Kier alpha value is -2.61. The molecule has 1 aliphatic carbocycles. The Morgan fingerprint density at radius 3 is 2.88 bits per heavy atom. The highest BCUT2D eigenvalue weighted by Crippen LogP contribution is 2.41. The molecule has 2 heterocycles. The van der Waals surface area contributed by atoms with Crippen LogP contribution in [0.15, 0.2) is 41.4 Å². The van der Waals surface area contributed by atoms with E-state index in [1.165, 1.54) is 10.5 Å². The van der Waals surface area contributed by atoms with Crippen LogP contribution in [0.4, 0.5) is 11.4 Å². The molecule has 1 amide bonds. The van der Waals surface area contributed by atoms with Gasteiger partial charge in [-0.25, -0.2) is 13.4 Å². The van der Waals surface area contributed by atoms with Crippen molar-refractivity contribution in [1.82, 2.24) is 4.98 Å². The fraction of sp³-hybridized carbons (Fsp3) is 0.294. The molecule has 7 nitrogen and oxygen atoms in total. The van der Waals surface area contributed by atoms with Gasteiger partial charge in [-0.05, 0) is 42.5 Å². The first-order valence-corrected chi connectivity index (χ1v) is 9.49. The first kappa shape index (κ1) is 15.9. The minimum absolute atomic E-state index is 0.190. The third-order valence-electron chi connectivity index (χ3n) is 4.35. The van der Waals surface area contributed by atoms with Crippen LogP contribution in [0.25, 0.3) is 0 Å². The van der Waals surface area contributed by atoms with Gasteiger partial charge in [0.2, 0.25) is 12.3 Å². The molecule has 1 aromatic heterocycles. The third kappa shape index (κ3) is 2.93. The summed E-state index contributed by atoms with van der Waals surface area (Å²) in [5.41, 5.74) is 1.80. The second kappa shape index (κ2) is 6.03. The van der Waals surface area contributed by atoms with Crippen molar-refractivity contribution in [2.75, 3.05) is 22.8 Å². The van der Waals surface area contributed by atoms with Crippen molar-refractivity contribution in [2.24, 2.45) is 0 Å². The van der Waals surface area contributed by atoms with E-state index in [1.807, 2.05) is 6.07 Å². The van der Waals surface area contributed by atoms with E-state index in [2.05, 4.69) is 10.3 Å². The molecule has 1 aromatic carbocycles. The normalized spacial score (nSPS) is 16.7. The van der Waals surface area contributed by atoms with Crippen molar-refractivity contribution in [3.8, 4) is 5.88 Å². The highest BCUT2D eigenvalue weighted by atomic mass is 32.2. The zero-order valence-electron chi connectivity index (χ0n) is 13.4. The highest BCUT2D eigenvalue weighted by molar-refractivity contribution is 7.92. The Morgan fingerprint density at radius 1 is 1.28 bits per heavy atom. The molecule has 2 aliphatic rings. The maximum absolute atomic E-state index is 13.2. The monoisotopic (exact) mass is 359 g/mol. The number of rotatable bonds is 5. The summed E-state index contributed by atoms with van der Waals surface area (Å²) in [6, 6.07) is 8.67. The SMILES string of the molecule is O=CNc1cnc2c(c1)N(S(=O)(=O)c1cccc(C3CC3)c1)CCO2. The largest absolute Gasteiger partial charge is 0.474 e. The topological polar surface area (TPSA) is 88.6 Å². The molecule has 0 unspecified atom stereocenters. The van der Waals surface area contributed by atoms with Crippen molar-refractivity contribution in [3.63, 3.8) is 0 Å². The molecule has 0 saturated heterocycles. The number of amides is 1. The van der Waals surface area contributed by atoms with Gasteiger partial charge in [0.1, 0.15) is 12.3 Å². The number of ether oxygens (including phenoxy) is 1. The average molecular weight is 359 g/mol. The van der Waals surface area contributed by atoms with Crippen LogP contribution >= 0.6 is 0 Å². The minimum atomic E-state index is -3.74. The molecule has 0 bridgehead atoms. The minimum Gasteiger partial charge on any atom is -0.474 e. The lowest BCUT2D eigenvalue weighted by Crippen LogP contribution is -2.38. The predicted molar refractivity (Wildman–Crippen MR) is 92.4 cm³/mol. The standard InChI is InChI=1S/C17H17N3O4S/c21-11-19-14-9-16-17(18-10-14)24-7-6-20(16)25(22,23)15-3-1-2-13(8-15)12-4-5-12/h1-3,8-12H,4-7H2,(H,19,21). The van der Waals surface area contributed by atoms with Gasteiger partial charge in [-0.2, -0.15) is 0 Å². The number of pyridine rings is 1. The van der Waals surface area contributed by atoms with E-state index in [1.54, 1.807) is 24.3 Å². The Bertz CT molecular complexity index is 925. The summed E-state index contributed by atoms with van der Waals surface area (Å²) >= 11 is 0. The van der Waals surface area contributed by atoms with E-state index >= 15 is 0 Å². The molecule has 0 radical (unpaired) electrons. The Kier molecular flexibility index (Phi) is 3.84. The summed E-state index contributed by atoms with van der Waals surface area (Å²) in [6.45, 7) is 0.414. The molecular weight excluding hydrogens is 342 g/mol. The summed E-state index contributed by atoms with van der Waals surface area (Å²) in [5.74, 6) is 0.710. The van der Waals surface area contributed by atoms with Crippen LogP contribution < -0.4 is 14.4 Å². The summed E-state index contributed by atoms with van der Waals surface area (Å²) in [4.78, 5) is 15.0. The van der Waals surface area contributed by atoms with Crippen LogP contribution in [0.3, 0.4) is 0 Å². The molecule has 0 atom stereocenters. The van der Waals surface area contributed by atoms with Crippen LogP contribution in [0.1, 0.15) is 24.3 Å². The summed E-state index contributed by atoms with van der Waals surface area (Å²) in [6.07, 6.45) is 4.16. The first-order chi connectivity index (χ1) is 12.1. The van der Waals surface area contributed by atoms with E-state index in [0.717, 1.165) is 18.4 Å². The van der Waals surface area contributed by atoms with Crippen molar-refractivity contribution in [1.29, 1.82) is 0 Å². The second-order valence-electron chi connectivity index (χ2n) is 6.08. The lowest BCUT2D eigenvalue weighted by molar-refractivity contribution is -0.105. The third-order valence-corrected chi connectivity index (χ3v) is 6.16. The van der Waals surface area contributed by atoms with Crippen molar-refractivity contribution in [2.45, 2.75) is 23.7 Å². The molecule has 1 saturated carbocycles. The van der Waals surface area contributed by atoms with Crippen molar-refractivity contribution >= 4 is 27.8 Å². The van der Waals surface area contributed by atoms with Crippen LogP contribution in [-0.2, 0) is 14.8 Å². The zero-order valence-corrected chi connectivity index (χ0v) is 14.2. The van der Waals surface area contributed by atoms with E-state index in [9.17, 15) is 13.2 Å². The van der Waals surface area contributed by atoms with Crippen LogP contribution in [0.2, 0.25) is 0 Å².